The maximum atomic E-state index is 12.0. The smallest absolute Gasteiger partial charge is 0.319 e. The second kappa shape index (κ2) is 9.05. The van der Waals surface area contributed by atoms with Gasteiger partial charge in [-0.1, -0.05) is 19.1 Å². The molecule has 1 fully saturated rings. The maximum Gasteiger partial charge on any atom is 0.319 e. The summed E-state index contributed by atoms with van der Waals surface area (Å²) >= 11 is 0. The summed E-state index contributed by atoms with van der Waals surface area (Å²) in [5.41, 5.74) is 0.581. The highest BCUT2D eigenvalue weighted by molar-refractivity contribution is 7.91. The Bertz CT molecular complexity index is 670. The molecule has 0 unspecified atom stereocenters. The van der Waals surface area contributed by atoms with Crippen molar-refractivity contribution in [2.75, 3.05) is 43.5 Å². The number of sulfone groups is 1. The van der Waals surface area contributed by atoms with Gasteiger partial charge in [0.25, 0.3) is 0 Å². The summed E-state index contributed by atoms with van der Waals surface area (Å²) in [6, 6.07) is 6.84. The van der Waals surface area contributed by atoms with Gasteiger partial charge >= 0.3 is 6.03 Å². The van der Waals surface area contributed by atoms with Gasteiger partial charge in [-0.15, -0.1) is 0 Å². The fourth-order valence-corrected chi connectivity index (χ4v) is 3.29. The van der Waals surface area contributed by atoms with E-state index >= 15 is 0 Å². The molecule has 140 valence electrons. The van der Waals surface area contributed by atoms with E-state index in [0.29, 0.717) is 11.4 Å². The van der Waals surface area contributed by atoms with E-state index in [1.54, 1.807) is 13.0 Å². The topological polar surface area (TPSA) is 87.7 Å². The van der Waals surface area contributed by atoms with Crippen LogP contribution in [0.1, 0.15) is 19.8 Å². The van der Waals surface area contributed by atoms with Crippen LogP contribution in [-0.2, 0) is 9.84 Å². The van der Waals surface area contributed by atoms with Gasteiger partial charge in [0, 0.05) is 25.4 Å². The third-order valence-electron chi connectivity index (χ3n) is 4.23. The fourth-order valence-electron chi connectivity index (χ4n) is 2.59. The molecule has 0 bridgehead atoms. The number of amides is 2. The minimum absolute atomic E-state index is 0.0648. The van der Waals surface area contributed by atoms with Gasteiger partial charge in [0.1, 0.15) is 11.9 Å². The molecular formula is C17H27N3O4S. The van der Waals surface area contributed by atoms with Gasteiger partial charge in [-0.25, -0.2) is 13.2 Å². The molecular weight excluding hydrogens is 342 g/mol. The lowest BCUT2D eigenvalue weighted by Gasteiger charge is -2.29. The number of rotatable bonds is 7. The van der Waals surface area contributed by atoms with Crippen LogP contribution in [0.5, 0.6) is 5.75 Å². The third kappa shape index (κ3) is 6.55. The lowest BCUT2D eigenvalue weighted by atomic mass is 10.1. The molecule has 0 atom stereocenters. The van der Waals surface area contributed by atoms with Crippen molar-refractivity contribution in [2.45, 2.75) is 25.9 Å². The predicted molar refractivity (Wildman–Crippen MR) is 98.9 cm³/mol. The van der Waals surface area contributed by atoms with E-state index < -0.39 is 15.9 Å². The SMILES string of the molecule is CCS(=O)(=O)CCNC(=O)Nc1ccccc1OC1CCN(C)CC1. The molecule has 8 heteroatoms. The Morgan fingerprint density at radius 3 is 2.64 bits per heavy atom. The fraction of sp³-hybridized carbons (Fsp3) is 0.588. The summed E-state index contributed by atoms with van der Waals surface area (Å²) in [6.07, 6.45) is 2.04. The number of anilines is 1. The highest BCUT2D eigenvalue weighted by Crippen LogP contribution is 2.27. The van der Waals surface area contributed by atoms with Crippen LogP contribution < -0.4 is 15.4 Å². The van der Waals surface area contributed by atoms with Crippen LogP contribution in [0.15, 0.2) is 24.3 Å². The lowest BCUT2D eigenvalue weighted by molar-refractivity contribution is 0.115. The molecule has 0 radical (unpaired) electrons. The molecule has 2 amide bonds. The molecule has 0 aliphatic carbocycles. The van der Waals surface area contributed by atoms with E-state index in [4.69, 9.17) is 4.74 Å². The molecule has 7 nitrogen and oxygen atoms in total. The molecule has 0 spiro atoms. The first kappa shape index (κ1) is 19.5. The quantitative estimate of drug-likeness (QED) is 0.764. The molecule has 1 aromatic carbocycles. The minimum Gasteiger partial charge on any atom is -0.488 e. The van der Waals surface area contributed by atoms with Crippen molar-refractivity contribution in [3.63, 3.8) is 0 Å². The monoisotopic (exact) mass is 369 g/mol. The van der Waals surface area contributed by atoms with Crippen molar-refractivity contribution in [1.82, 2.24) is 10.2 Å². The normalized spacial score (nSPS) is 16.4. The molecule has 1 aliphatic heterocycles. The lowest BCUT2D eigenvalue weighted by Crippen LogP contribution is -2.36. The number of urea groups is 1. The molecule has 0 saturated carbocycles. The first-order chi connectivity index (χ1) is 11.9. The van der Waals surface area contributed by atoms with Crippen molar-refractivity contribution >= 4 is 21.6 Å². The van der Waals surface area contributed by atoms with Crippen LogP contribution in [0.25, 0.3) is 0 Å². The van der Waals surface area contributed by atoms with Crippen molar-refractivity contribution < 1.29 is 17.9 Å². The number of hydrogen-bond acceptors (Lipinski definition) is 5. The van der Waals surface area contributed by atoms with Crippen molar-refractivity contribution in [3.05, 3.63) is 24.3 Å². The number of benzene rings is 1. The summed E-state index contributed by atoms with van der Waals surface area (Å²) < 4.78 is 28.9. The Kier molecular flexibility index (Phi) is 7.07. The highest BCUT2D eigenvalue weighted by Gasteiger charge is 2.19. The summed E-state index contributed by atoms with van der Waals surface area (Å²) in [5.74, 6) is 0.641. The van der Waals surface area contributed by atoms with E-state index in [1.165, 1.54) is 0 Å². The minimum atomic E-state index is -3.09. The average molecular weight is 369 g/mol. The van der Waals surface area contributed by atoms with Gasteiger partial charge in [0.15, 0.2) is 9.84 Å². The number of nitrogens with one attached hydrogen (secondary N) is 2. The second-order valence-electron chi connectivity index (χ2n) is 6.23. The molecule has 1 heterocycles. The number of ether oxygens (including phenoxy) is 1. The van der Waals surface area contributed by atoms with Crippen molar-refractivity contribution in [2.24, 2.45) is 0 Å². The average Bonchev–Trinajstić information content (AvgIpc) is 2.58. The van der Waals surface area contributed by atoms with Gasteiger partial charge in [0.05, 0.1) is 11.4 Å². The number of piperidine rings is 1. The van der Waals surface area contributed by atoms with Crippen molar-refractivity contribution in [1.29, 1.82) is 0 Å². The third-order valence-corrected chi connectivity index (χ3v) is 5.94. The summed E-state index contributed by atoms with van der Waals surface area (Å²) in [4.78, 5) is 14.3. The highest BCUT2D eigenvalue weighted by atomic mass is 32.2. The van der Waals surface area contributed by atoms with E-state index in [-0.39, 0.29) is 24.2 Å². The van der Waals surface area contributed by atoms with Crippen molar-refractivity contribution in [3.8, 4) is 5.75 Å². The molecule has 2 N–H and O–H groups in total. The number of nitrogens with zero attached hydrogens (tertiary/aromatic N) is 1. The number of carbonyl (C=O) groups is 1. The van der Waals surface area contributed by atoms with Crippen LogP contribution in [0.4, 0.5) is 10.5 Å². The Hall–Kier alpha value is -1.80. The van der Waals surface area contributed by atoms with Gasteiger partial charge in [-0.3, -0.25) is 0 Å². The summed E-state index contributed by atoms with van der Waals surface area (Å²) in [7, 11) is -0.999. The molecule has 1 aliphatic rings. The van der Waals surface area contributed by atoms with Crippen LogP contribution in [0.3, 0.4) is 0 Å². The Morgan fingerprint density at radius 1 is 1.28 bits per heavy atom. The second-order valence-corrected chi connectivity index (χ2v) is 8.71. The van der Waals surface area contributed by atoms with Gasteiger partial charge in [0.2, 0.25) is 0 Å². The Labute approximate surface area is 149 Å². The van der Waals surface area contributed by atoms with E-state index in [9.17, 15) is 13.2 Å². The Balaban J connectivity index is 1.88. The standard InChI is InChI=1S/C17H27N3O4S/c1-3-25(22,23)13-10-18-17(21)19-15-6-4-5-7-16(15)24-14-8-11-20(2)12-9-14/h4-7,14H,3,8-13H2,1-2H3,(H2,18,19,21). The zero-order valence-electron chi connectivity index (χ0n) is 14.8. The zero-order chi connectivity index (χ0) is 18.3. The number of para-hydroxylation sites is 2. The maximum absolute atomic E-state index is 12.0. The van der Waals surface area contributed by atoms with Crippen LogP contribution in [0.2, 0.25) is 0 Å². The molecule has 2 rings (SSSR count). The molecule has 25 heavy (non-hydrogen) atoms. The van der Waals surface area contributed by atoms with Gasteiger partial charge in [-0.2, -0.15) is 0 Å². The van der Waals surface area contributed by atoms with Gasteiger partial charge in [-0.05, 0) is 32.0 Å². The predicted octanol–water partition coefficient (Wildman–Crippen LogP) is 1.72. The zero-order valence-corrected chi connectivity index (χ0v) is 15.6. The van der Waals surface area contributed by atoms with Crippen LogP contribution in [-0.4, -0.2) is 63.6 Å². The van der Waals surface area contributed by atoms with E-state index in [0.717, 1.165) is 25.9 Å². The van der Waals surface area contributed by atoms with Crippen LogP contribution >= 0.6 is 0 Å². The first-order valence-corrected chi connectivity index (χ1v) is 10.4. The summed E-state index contributed by atoms with van der Waals surface area (Å²) in [6.45, 7) is 3.66. The molecule has 1 saturated heterocycles. The molecule has 1 aromatic rings. The van der Waals surface area contributed by atoms with E-state index in [2.05, 4.69) is 22.6 Å². The summed E-state index contributed by atoms with van der Waals surface area (Å²) in [5, 5.41) is 5.30. The first-order valence-electron chi connectivity index (χ1n) is 8.59. The number of carbonyl (C=O) groups excluding carboxylic acids is 1. The number of likely N-dealkylation sites (tertiary alicyclic amines) is 1. The Morgan fingerprint density at radius 2 is 1.96 bits per heavy atom. The van der Waals surface area contributed by atoms with Gasteiger partial charge < -0.3 is 20.3 Å². The largest absolute Gasteiger partial charge is 0.488 e. The van der Waals surface area contributed by atoms with E-state index in [1.807, 2.05) is 18.2 Å². The van der Waals surface area contributed by atoms with Crippen LogP contribution in [0, 0.1) is 0 Å². The molecule has 0 aromatic heterocycles. The number of hydrogen-bond donors (Lipinski definition) is 2.